The zero-order valence-corrected chi connectivity index (χ0v) is 29.7. The normalized spacial score (nSPS) is 11.5. The number of guanidine groups is 1. The van der Waals surface area contributed by atoms with Gasteiger partial charge in [-0.2, -0.15) is 0 Å². The number of hydrogen-bond donors (Lipinski definition) is 5. The summed E-state index contributed by atoms with van der Waals surface area (Å²) in [4.78, 5) is 27.1. The molecule has 9 heteroatoms. The molecule has 44 heavy (non-hydrogen) atoms. The van der Waals surface area contributed by atoms with Crippen LogP contribution in [0, 0.1) is 5.41 Å². The van der Waals surface area contributed by atoms with Gasteiger partial charge in [-0.15, -0.1) is 12.4 Å². The highest BCUT2D eigenvalue weighted by Crippen LogP contribution is 2.15. The van der Waals surface area contributed by atoms with E-state index in [1.54, 1.807) is 4.90 Å². The van der Waals surface area contributed by atoms with Gasteiger partial charge in [-0.3, -0.25) is 10.2 Å². The van der Waals surface area contributed by atoms with E-state index in [1.807, 2.05) is 0 Å². The first kappa shape index (κ1) is 44.4. The van der Waals surface area contributed by atoms with E-state index in [4.69, 9.17) is 16.9 Å². The van der Waals surface area contributed by atoms with Gasteiger partial charge in [0.1, 0.15) is 6.04 Å². The monoisotopic (exact) mass is 645 g/mol. The number of nitrogens with zero attached hydrogens (tertiary/aromatic N) is 1. The number of amides is 3. The SMILES string of the molecule is CCCCCCCCCCCCCCCCN(C(N)=O)[C@H](CCCNC(=N)N)C(=O)NCCCCCCCCCCCC.Cl. The molecule has 0 saturated carbocycles. The van der Waals surface area contributed by atoms with E-state index in [0.29, 0.717) is 32.5 Å². The second-order valence-electron chi connectivity index (χ2n) is 12.6. The van der Waals surface area contributed by atoms with Gasteiger partial charge in [-0.1, -0.05) is 155 Å². The summed E-state index contributed by atoms with van der Waals surface area (Å²) in [6.45, 7) is 6.14. The maximum Gasteiger partial charge on any atom is 0.315 e. The zero-order valence-electron chi connectivity index (χ0n) is 28.9. The minimum Gasteiger partial charge on any atom is -0.370 e. The first-order chi connectivity index (χ1) is 20.9. The van der Waals surface area contributed by atoms with Gasteiger partial charge < -0.3 is 27.0 Å². The molecule has 0 saturated heterocycles. The number of hydrogen-bond acceptors (Lipinski definition) is 3. The number of urea groups is 1. The maximum atomic E-state index is 13.2. The summed E-state index contributed by atoms with van der Waals surface area (Å²) >= 11 is 0. The Balaban J connectivity index is 0. The molecule has 7 N–H and O–H groups in total. The van der Waals surface area contributed by atoms with Crippen LogP contribution in [0.1, 0.15) is 181 Å². The molecule has 0 aromatic rings. The number of nitrogens with one attached hydrogen (secondary N) is 3. The van der Waals surface area contributed by atoms with Crippen molar-refractivity contribution in [2.45, 2.75) is 187 Å². The lowest BCUT2D eigenvalue weighted by Crippen LogP contribution is -2.52. The van der Waals surface area contributed by atoms with Gasteiger partial charge in [0, 0.05) is 19.6 Å². The Bertz CT molecular complexity index is 667. The number of nitrogens with two attached hydrogens (primary N) is 2. The van der Waals surface area contributed by atoms with Crippen molar-refractivity contribution in [1.82, 2.24) is 15.5 Å². The van der Waals surface area contributed by atoms with Crippen molar-refractivity contribution in [2.75, 3.05) is 19.6 Å². The van der Waals surface area contributed by atoms with Crippen molar-refractivity contribution in [1.29, 1.82) is 5.41 Å². The zero-order chi connectivity index (χ0) is 31.8. The topological polar surface area (TPSA) is 137 Å². The third-order valence-electron chi connectivity index (χ3n) is 8.51. The minimum atomic E-state index is -0.587. The van der Waals surface area contributed by atoms with Crippen molar-refractivity contribution >= 4 is 30.3 Å². The lowest BCUT2D eigenvalue weighted by molar-refractivity contribution is -0.125. The summed E-state index contributed by atoms with van der Waals surface area (Å²) in [7, 11) is 0. The van der Waals surface area contributed by atoms with Crippen LogP contribution in [0.25, 0.3) is 0 Å². The molecule has 0 bridgehead atoms. The van der Waals surface area contributed by atoms with Crippen LogP contribution < -0.4 is 22.1 Å². The third kappa shape index (κ3) is 29.0. The van der Waals surface area contributed by atoms with E-state index in [0.717, 1.165) is 32.1 Å². The summed E-state index contributed by atoms with van der Waals surface area (Å²) in [5.41, 5.74) is 11.2. The summed E-state index contributed by atoms with van der Waals surface area (Å²) in [6, 6.07) is -1.12. The summed E-state index contributed by atoms with van der Waals surface area (Å²) in [5, 5.41) is 13.2. The summed E-state index contributed by atoms with van der Waals surface area (Å²) in [6.07, 6.45) is 31.5. The summed E-state index contributed by atoms with van der Waals surface area (Å²) < 4.78 is 0. The number of halogens is 1. The first-order valence-corrected chi connectivity index (χ1v) is 18.4. The molecule has 0 unspecified atom stereocenters. The Kier molecular flexibility index (Phi) is 34.5. The predicted molar refractivity (Wildman–Crippen MR) is 192 cm³/mol. The lowest BCUT2D eigenvalue weighted by atomic mass is 10.0. The van der Waals surface area contributed by atoms with Crippen LogP contribution in [0.3, 0.4) is 0 Å². The number of carbonyl (C=O) groups excluding carboxylic acids is 2. The molecule has 0 rings (SSSR count). The van der Waals surface area contributed by atoms with Crippen molar-refractivity contribution in [3.8, 4) is 0 Å². The van der Waals surface area contributed by atoms with E-state index in [9.17, 15) is 9.59 Å². The number of unbranched alkanes of at least 4 members (excludes halogenated alkanes) is 22. The fourth-order valence-electron chi connectivity index (χ4n) is 5.79. The number of rotatable bonds is 32. The van der Waals surface area contributed by atoms with Crippen LogP contribution in [0.4, 0.5) is 4.79 Å². The molecule has 0 spiro atoms. The van der Waals surface area contributed by atoms with Crippen LogP contribution >= 0.6 is 12.4 Å². The van der Waals surface area contributed by atoms with Gasteiger partial charge in [-0.25, -0.2) is 4.79 Å². The van der Waals surface area contributed by atoms with Crippen molar-refractivity contribution in [3.05, 3.63) is 0 Å². The van der Waals surface area contributed by atoms with Crippen LogP contribution in [-0.2, 0) is 4.79 Å². The van der Waals surface area contributed by atoms with E-state index in [-0.39, 0.29) is 24.3 Å². The Morgan fingerprint density at radius 1 is 0.568 bits per heavy atom. The van der Waals surface area contributed by atoms with E-state index < -0.39 is 12.1 Å². The molecule has 3 amide bonds. The van der Waals surface area contributed by atoms with Crippen molar-refractivity contribution in [2.24, 2.45) is 11.5 Å². The van der Waals surface area contributed by atoms with Gasteiger partial charge in [0.2, 0.25) is 5.91 Å². The molecule has 1 atom stereocenters. The van der Waals surface area contributed by atoms with Gasteiger partial charge in [0.05, 0.1) is 0 Å². The Hall–Kier alpha value is -1.70. The maximum absolute atomic E-state index is 13.2. The van der Waals surface area contributed by atoms with Crippen molar-refractivity contribution < 1.29 is 9.59 Å². The largest absolute Gasteiger partial charge is 0.370 e. The fraction of sp³-hybridized carbons (Fsp3) is 0.914. The Morgan fingerprint density at radius 2 is 0.932 bits per heavy atom. The van der Waals surface area contributed by atoms with E-state index in [2.05, 4.69) is 24.5 Å². The average molecular weight is 645 g/mol. The highest BCUT2D eigenvalue weighted by molar-refractivity contribution is 5.86. The van der Waals surface area contributed by atoms with Crippen LogP contribution in [0.15, 0.2) is 0 Å². The second-order valence-corrected chi connectivity index (χ2v) is 12.6. The molecular formula is C35H73ClN6O2. The number of primary amides is 1. The smallest absolute Gasteiger partial charge is 0.315 e. The first-order valence-electron chi connectivity index (χ1n) is 18.4. The van der Waals surface area contributed by atoms with Gasteiger partial charge in [0.25, 0.3) is 0 Å². The van der Waals surface area contributed by atoms with Gasteiger partial charge in [0.15, 0.2) is 5.96 Å². The van der Waals surface area contributed by atoms with Gasteiger partial charge >= 0.3 is 6.03 Å². The minimum absolute atomic E-state index is 0. The molecule has 0 aliphatic rings. The Labute approximate surface area is 278 Å². The molecule has 0 radical (unpaired) electrons. The molecule has 0 aliphatic heterocycles. The number of carbonyl (C=O) groups is 2. The molecule has 0 aromatic heterocycles. The molecule has 0 aliphatic carbocycles. The second kappa shape index (κ2) is 34.2. The van der Waals surface area contributed by atoms with Crippen LogP contribution in [0.2, 0.25) is 0 Å². The van der Waals surface area contributed by atoms with E-state index >= 15 is 0 Å². The van der Waals surface area contributed by atoms with Crippen molar-refractivity contribution in [3.63, 3.8) is 0 Å². The summed E-state index contributed by atoms with van der Waals surface area (Å²) in [5.74, 6) is -0.209. The Morgan fingerprint density at radius 3 is 1.32 bits per heavy atom. The highest BCUT2D eigenvalue weighted by Gasteiger charge is 2.27. The standard InChI is InChI=1S/C35H72N6O2.ClH/c1-3-5-7-9-11-13-15-16-17-18-20-22-24-26-31-41(35(38)43)32(28-27-30-40-34(36)37)33(42)39-29-25-23-21-19-14-12-10-8-6-4-2;/h32H,3-31H2,1-2H3,(H2,38,43)(H,39,42)(H4,36,37,40);1H/t32-;/m1./s1. The molecular weight excluding hydrogens is 572 g/mol. The molecule has 262 valence electrons. The molecule has 0 fully saturated rings. The van der Waals surface area contributed by atoms with Crippen LogP contribution in [0.5, 0.6) is 0 Å². The fourth-order valence-corrected chi connectivity index (χ4v) is 5.79. The quantitative estimate of drug-likeness (QED) is 0.0283. The molecule has 0 heterocycles. The lowest BCUT2D eigenvalue weighted by Gasteiger charge is -2.30. The van der Waals surface area contributed by atoms with E-state index in [1.165, 1.54) is 122 Å². The predicted octanol–water partition coefficient (Wildman–Crippen LogP) is 8.94. The highest BCUT2D eigenvalue weighted by atomic mass is 35.5. The molecule has 0 aromatic carbocycles. The van der Waals surface area contributed by atoms with Gasteiger partial charge in [-0.05, 0) is 25.7 Å². The van der Waals surface area contributed by atoms with Crippen LogP contribution in [-0.4, -0.2) is 48.5 Å². The average Bonchev–Trinajstić information content (AvgIpc) is 2.98. The molecule has 8 nitrogen and oxygen atoms in total. The third-order valence-corrected chi connectivity index (χ3v) is 8.51.